The highest BCUT2D eigenvalue weighted by Gasteiger charge is 2.15. The quantitative estimate of drug-likeness (QED) is 0.607. The van der Waals surface area contributed by atoms with Crippen molar-refractivity contribution in [1.82, 2.24) is 0 Å². The molecule has 0 bridgehead atoms. The maximum Gasteiger partial charge on any atom is 0.137 e. The number of aliphatic carboxylic acids is 1. The van der Waals surface area contributed by atoms with E-state index in [2.05, 4.69) is 0 Å². The largest absolute Gasteiger partial charge is 0.545 e. The molecule has 1 fully saturated rings. The summed E-state index contributed by atoms with van der Waals surface area (Å²) >= 11 is 0. The molecule has 25 heavy (non-hydrogen) atoms. The van der Waals surface area contributed by atoms with Crippen molar-refractivity contribution in [3.8, 4) is 5.75 Å². The minimum atomic E-state index is -1.19. The lowest BCUT2D eigenvalue weighted by molar-refractivity contribution is -0.887. The number of nitrogens with one attached hydrogen (secondary N) is 1. The van der Waals surface area contributed by atoms with Crippen LogP contribution in [0.4, 0.5) is 0 Å². The number of ether oxygens (including phenoxy) is 1. The van der Waals surface area contributed by atoms with Gasteiger partial charge >= 0.3 is 0 Å². The molecule has 130 valence electrons. The van der Waals surface area contributed by atoms with E-state index in [0.29, 0.717) is 17.9 Å². The summed E-state index contributed by atoms with van der Waals surface area (Å²) in [6, 6.07) is 16.5. The molecule has 0 unspecified atom stereocenters. The Balaban J connectivity index is 1.77. The van der Waals surface area contributed by atoms with Gasteiger partial charge in [0.1, 0.15) is 18.9 Å². The second kappa shape index (κ2) is 8.49. The Morgan fingerprint density at radius 1 is 1.04 bits per heavy atom. The molecule has 0 radical (unpaired) electrons. The fraction of sp³-hybridized carbons (Fsp3) is 0.286. The molecular weight excluding hydrogens is 314 g/mol. The van der Waals surface area contributed by atoms with E-state index in [0.717, 1.165) is 12.1 Å². The van der Waals surface area contributed by atoms with Crippen molar-refractivity contribution in [2.75, 3.05) is 26.2 Å². The maximum atomic E-state index is 11.6. The van der Waals surface area contributed by atoms with Crippen molar-refractivity contribution in [3.05, 3.63) is 65.7 Å². The molecule has 0 aliphatic carbocycles. The molecule has 1 aliphatic rings. The number of carboxylic acids is 1. The van der Waals surface area contributed by atoms with Crippen LogP contribution in [0.2, 0.25) is 0 Å². The van der Waals surface area contributed by atoms with Gasteiger partial charge in [0, 0.05) is 24.0 Å². The van der Waals surface area contributed by atoms with Crippen molar-refractivity contribution >= 4 is 17.6 Å². The lowest BCUT2D eigenvalue weighted by atomic mass is 10.0. The number of quaternary nitrogens is 1. The Bertz CT molecular complexity index is 734. The van der Waals surface area contributed by atoms with Gasteiger partial charge in [0.05, 0.1) is 19.1 Å². The zero-order valence-corrected chi connectivity index (χ0v) is 14.2. The molecule has 0 aromatic heterocycles. The highest BCUT2D eigenvalue weighted by molar-refractivity contribution is 6.19. The number of carboxylic acid groups (broad SMARTS) is 1. The third-order valence-electron chi connectivity index (χ3n) is 4.55. The van der Waals surface area contributed by atoms with Gasteiger partial charge in [-0.2, -0.15) is 0 Å². The van der Waals surface area contributed by atoms with E-state index in [1.807, 2.05) is 42.5 Å². The van der Waals surface area contributed by atoms with Crippen LogP contribution in [0.25, 0.3) is 11.6 Å². The first-order valence-corrected chi connectivity index (χ1v) is 8.78. The van der Waals surface area contributed by atoms with E-state index in [9.17, 15) is 9.90 Å². The summed E-state index contributed by atoms with van der Waals surface area (Å²) in [5.74, 6) is -0.488. The van der Waals surface area contributed by atoms with Gasteiger partial charge in [0.2, 0.25) is 0 Å². The predicted molar refractivity (Wildman–Crippen MR) is 96.1 cm³/mol. The lowest BCUT2D eigenvalue weighted by Gasteiger charge is -2.15. The second-order valence-electron chi connectivity index (χ2n) is 6.30. The molecule has 1 heterocycles. The summed E-state index contributed by atoms with van der Waals surface area (Å²) in [5.41, 5.74) is 1.53. The summed E-state index contributed by atoms with van der Waals surface area (Å²) in [5, 5.41) is 11.6. The molecule has 1 N–H and O–H groups in total. The van der Waals surface area contributed by atoms with Gasteiger partial charge in [-0.15, -0.1) is 0 Å². The van der Waals surface area contributed by atoms with Crippen LogP contribution in [0.15, 0.2) is 54.6 Å². The van der Waals surface area contributed by atoms with Gasteiger partial charge in [-0.05, 0) is 17.7 Å². The van der Waals surface area contributed by atoms with Crippen LogP contribution in [-0.4, -0.2) is 32.2 Å². The molecule has 2 aromatic rings. The van der Waals surface area contributed by atoms with Crippen LogP contribution in [-0.2, 0) is 4.79 Å². The molecule has 4 nitrogen and oxygen atoms in total. The summed E-state index contributed by atoms with van der Waals surface area (Å²) < 4.78 is 5.94. The summed E-state index contributed by atoms with van der Waals surface area (Å²) in [4.78, 5) is 13.2. The van der Waals surface area contributed by atoms with E-state index in [-0.39, 0.29) is 5.57 Å². The zero-order valence-electron chi connectivity index (χ0n) is 14.2. The van der Waals surface area contributed by atoms with Gasteiger partial charge in [-0.1, -0.05) is 48.5 Å². The number of likely N-dealkylation sites (tertiary alicyclic amines) is 1. The van der Waals surface area contributed by atoms with E-state index < -0.39 is 5.97 Å². The van der Waals surface area contributed by atoms with Gasteiger partial charge < -0.3 is 19.5 Å². The number of carbonyl (C=O) groups excluding carboxylic acids is 1. The summed E-state index contributed by atoms with van der Waals surface area (Å²) in [6.07, 6.45) is 4.21. The van der Waals surface area contributed by atoms with E-state index >= 15 is 0 Å². The monoisotopic (exact) mass is 337 g/mol. The van der Waals surface area contributed by atoms with Crippen LogP contribution < -0.4 is 14.7 Å². The minimum Gasteiger partial charge on any atom is -0.545 e. The van der Waals surface area contributed by atoms with Gasteiger partial charge in [0.15, 0.2) is 0 Å². The second-order valence-corrected chi connectivity index (χ2v) is 6.30. The van der Waals surface area contributed by atoms with Crippen LogP contribution in [0.5, 0.6) is 5.75 Å². The Hall–Kier alpha value is -2.59. The van der Waals surface area contributed by atoms with E-state index in [1.54, 1.807) is 23.1 Å². The highest BCUT2D eigenvalue weighted by atomic mass is 16.5. The third-order valence-corrected chi connectivity index (χ3v) is 4.55. The number of carbonyl (C=O) groups is 1. The van der Waals surface area contributed by atoms with Crippen LogP contribution in [0.1, 0.15) is 24.0 Å². The SMILES string of the molecule is O=C([O-])/C(=C\c1ccccc1OCC[NH+]1CCCC1)c1ccccc1. The molecule has 2 aromatic carbocycles. The summed E-state index contributed by atoms with van der Waals surface area (Å²) in [7, 11) is 0. The average Bonchev–Trinajstić information content (AvgIpc) is 3.15. The van der Waals surface area contributed by atoms with E-state index in [4.69, 9.17) is 4.74 Å². The van der Waals surface area contributed by atoms with Crippen molar-refractivity contribution in [3.63, 3.8) is 0 Å². The molecule has 0 atom stereocenters. The Morgan fingerprint density at radius 3 is 2.44 bits per heavy atom. The van der Waals surface area contributed by atoms with Gasteiger partial charge in [-0.25, -0.2) is 0 Å². The molecule has 0 saturated carbocycles. The Labute approximate surface area is 148 Å². The molecule has 0 amide bonds. The maximum absolute atomic E-state index is 11.6. The fourth-order valence-corrected chi connectivity index (χ4v) is 3.19. The molecular formula is C21H23NO3. The third kappa shape index (κ3) is 4.70. The van der Waals surface area contributed by atoms with Crippen LogP contribution in [0.3, 0.4) is 0 Å². The minimum absolute atomic E-state index is 0.154. The van der Waals surface area contributed by atoms with E-state index in [1.165, 1.54) is 25.9 Å². The first-order valence-electron chi connectivity index (χ1n) is 8.78. The van der Waals surface area contributed by atoms with Crippen molar-refractivity contribution in [2.24, 2.45) is 0 Å². The van der Waals surface area contributed by atoms with Crippen molar-refractivity contribution in [2.45, 2.75) is 12.8 Å². The first-order chi connectivity index (χ1) is 12.2. The number of hydrogen-bond acceptors (Lipinski definition) is 3. The zero-order chi connectivity index (χ0) is 17.5. The molecule has 1 saturated heterocycles. The number of para-hydroxylation sites is 1. The number of benzene rings is 2. The van der Waals surface area contributed by atoms with Crippen molar-refractivity contribution in [1.29, 1.82) is 0 Å². The smallest absolute Gasteiger partial charge is 0.137 e. The summed E-state index contributed by atoms with van der Waals surface area (Å²) in [6.45, 7) is 4.04. The van der Waals surface area contributed by atoms with Gasteiger partial charge in [0.25, 0.3) is 0 Å². The molecule has 4 heteroatoms. The Morgan fingerprint density at radius 2 is 1.72 bits per heavy atom. The Kier molecular flexibility index (Phi) is 5.86. The number of rotatable bonds is 7. The van der Waals surface area contributed by atoms with Crippen molar-refractivity contribution < 1.29 is 19.5 Å². The fourth-order valence-electron chi connectivity index (χ4n) is 3.19. The molecule has 0 spiro atoms. The predicted octanol–water partition coefficient (Wildman–Crippen LogP) is 1.03. The molecule has 1 aliphatic heterocycles. The molecule has 3 rings (SSSR count). The van der Waals surface area contributed by atoms with Gasteiger partial charge in [-0.3, -0.25) is 0 Å². The van der Waals surface area contributed by atoms with Crippen LogP contribution in [0, 0.1) is 0 Å². The first kappa shape index (κ1) is 17.2. The van der Waals surface area contributed by atoms with Crippen LogP contribution >= 0.6 is 0 Å². The average molecular weight is 337 g/mol. The normalized spacial score (nSPS) is 15.3. The standard InChI is InChI=1S/C21H23NO3/c23-21(24)19(17-8-2-1-3-9-17)16-18-10-4-5-11-20(18)25-15-14-22-12-6-7-13-22/h1-5,8-11,16H,6-7,12-15H2,(H,23,24)/b19-16-. The number of hydrogen-bond donors (Lipinski definition) is 1. The highest BCUT2D eigenvalue weighted by Crippen LogP contribution is 2.24. The topological polar surface area (TPSA) is 53.8 Å². The lowest BCUT2D eigenvalue weighted by Crippen LogP contribution is -3.10.